The van der Waals surface area contributed by atoms with Crippen molar-refractivity contribution >= 4 is 12.2 Å². The number of aryl methyl sites for hydroxylation is 2. The Balaban J connectivity index is 2.28. The minimum Gasteiger partial charge on any atom is -0.507 e. The van der Waals surface area contributed by atoms with Gasteiger partial charge in [-0.3, -0.25) is 0 Å². The van der Waals surface area contributed by atoms with Crippen LogP contribution in [-0.4, -0.2) is 15.1 Å². The van der Waals surface area contributed by atoms with E-state index in [0.717, 1.165) is 22.4 Å². The molecule has 3 nitrogen and oxygen atoms in total. The van der Waals surface area contributed by atoms with Crippen molar-refractivity contribution in [2.75, 3.05) is 0 Å². The van der Waals surface area contributed by atoms with Crippen LogP contribution in [0, 0.1) is 13.8 Å². The van der Waals surface area contributed by atoms with Gasteiger partial charge in [0, 0.05) is 6.20 Å². The molecule has 0 radical (unpaired) electrons. The second-order valence-electron chi connectivity index (χ2n) is 3.97. The second kappa shape index (κ2) is 4.78. The number of hydrogen-bond donors (Lipinski definition) is 1. The monoisotopic (exact) mass is 226 g/mol. The molecule has 0 saturated heterocycles. The predicted molar refractivity (Wildman–Crippen MR) is 68.5 cm³/mol. The molecule has 1 aromatic carbocycles. The van der Waals surface area contributed by atoms with Gasteiger partial charge in [0.15, 0.2) is 0 Å². The third-order valence-corrected chi connectivity index (χ3v) is 2.56. The lowest BCUT2D eigenvalue weighted by atomic mass is 10.1. The SMILES string of the molecule is Cc1cc(/C=C/c2ccncn2)cc(C)c1O. The van der Waals surface area contributed by atoms with Crippen molar-refractivity contribution in [2.24, 2.45) is 0 Å². The zero-order valence-electron chi connectivity index (χ0n) is 9.88. The van der Waals surface area contributed by atoms with Gasteiger partial charge in [-0.15, -0.1) is 0 Å². The van der Waals surface area contributed by atoms with Gasteiger partial charge in [-0.1, -0.05) is 6.08 Å². The van der Waals surface area contributed by atoms with Crippen molar-refractivity contribution < 1.29 is 5.11 Å². The fourth-order valence-electron chi connectivity index (χ4n) is 1.67. The minimum absolute atomic E-state index is 0.365. The Hall–Kier alpha value is -2.16. The van der Waals surface area contributed by atoms with Gasteiger partial charge in [0.2, 0.25) is 0 Å². The lowest BCUT2D eigenvalue weighted by Gasteiger charge is -2.04. The molecule has 0 amide bonds. The van der Waals surface area contributed by atoms with Gasteiger partial charge < -0.3 is 5.11 Å². The Bertz CT molecular complexity index is 524. The first-order valence-corrected chi connectivity index (χ1v) is 5.41. The maximum absolute atomic E-state index is 9.67. The van der Waals surface area contributed by atoms with Crippen molar-refractivity contribution in [1.82, 2.24) is 9.97 Å². The van der Waals surface area contributed by atoms with Crippen LogP contribution in [0.25, 0.3) is 12.2 Å². The van der Waals surface area contributed by atoms with E-state index in [2.05, 4.69) is 9.97 Å². The van der Waals surface area contributed by atoms with Crippen LogP contribution in [-0.2, 0) is 0 Å². The molecular weight excluding hydrogens is 212 g/mol. The maximum Gasteiger partial charge on any atom is 0.121 e. The molecule has 1 aromatic heterocycles. The number of hydrogen-bond acceptors (Lipinski definition) is 3. The Labute approximate surface area is 100 Å². The molecule has 0 aliphatic heterocycles. The zero-order valence-corrected chi connectivity index (χ0v) is 9.88. The summed E-state index contributed by atoms with van der Waals surface area (Å²) in [5.74, 6) is 0.365. The maximum atomic E-state index is 9.67. The molecular formula is C14H14N2O. The average molecular weight is 226 g/mol. The van der Waals surface area contributed by atoms with Crippen LogP contribution in [0.3, 0.4) is 0 Å². The molecule has 2 aromatic rings. The average Bonchev–Trinajstić information content (AvgIpc) is 2.34. The van der Waals surface area contributed by atoms with Crippen LogP contribution in [0.4, 0.5) is 0 Å². The smallest absolute Gasteiger partial charge is 0.121 e. The third kappa shape index (κ3) is 2.69. The van der Waals surface area contributed by atoms with Crippen LogP contribution < -0.4 is 0 Å². The summed E-state index contributed by atoms with van der Waals surface area (Å²) in [5, 5.41) is 9.67. The summed E-state index contributed by atoms with van der Waals surface area (Å²) in [6.45, 7) is 3.79. The van der Waals surface area contributed by atoms with Gasteiger partial charge in [-0.2, -0.15) is 0 Å². The summed E-state index contributed by atoms with van der Waals surface area (Å²) in [6.07, 6.45) is 7.13. The molecule has 0 spiro atoms. The Morgan fingerprint density at radius 3 is 2.41 bits per heavy atom. The van der Waals surface area contributed by atoms with Crippen LogP contribution in [0.1, 0.15) is 22.4 Å². The van der Waals surface area contributed by atoms with Gasteiger partial charge in [0.1, 0.15) is 12.1 Å². The fourth-order valence-corrected chi connectivity index (χ4v) is 1.67. The van der Waals surface area contributed by atoms with Crippen molar-refractivity contribution in [2.45, 2.75) is 13.8 Å². The normalized spacial score (nSPS) is 10.9. The van der Waals surface area contributed by atoms with Gasteiger partial charge >= 0.3 is 0 Å². The van der Waals surface area contributed by atoms with Crippen molar-refractivity contribution in [1.29, 1.82) is 0 Å². The molecule has 0 aliphatic rings. The standard InChI is InChI=1S/C14H14N2O/c1-10-7-12(8-11(2)14(10)17)3-4-13-5-6-15-9-16-13/h3-9,17H,1-2H3/b4-3+. The quantitative estimate of drug-likeness (QED) is 0.856. The number of aromatic nitrogens is 2. The lowest BCUT2D eigenvalue weighted by Crippen LogP contribution is -1.84. The van der Waals surface area contributed by atoms with E-state index in [4.69, 9.17) is 0 Å². The lowest BCUT2D eigenvalue weighted by molar-refractivity contribution is 0.467. The van der Waals surface area contributed by atoms with E-state index in [1.54, 1.807) is 6.20 Å². The molecule has 0 atom stereocenters. The number of rotatable bonds is 2. The molecule has 0 fully saturated rings. The number of aromatic hydroxyl groups is 1. The fraction of sp³-hybridized carbons (Fsp3) is 0.143. The number of benzene rings is 1. The molecule has 3 heteroatoms. The second-order valence-corrected chi connectivity index (χ2v) is 3.97. The number of phenols is 1. The Morgan fingerprint density at radius 2 is 1.82 bits per heavy atom. The van der Waals surface area contributed by atoms with E-state index in [1.165, 1.54) is 6.33 Å². The molecule has 1 heterocycles. The molecule has 17 heavy (non-hydrogen) atoms. The van der Waals surface area contributed by atoms with Crippen LogP contribution in [0.5, 0.6) is 5.75 Å². The van der Waals surface area contributed by atoms with Crippen LogP contribution in [0.15, 0.2) is 30.7 Å². The van der Waals surface area contributed by atoms with Crippen molar-refractivity contribution in [3.8, 4) is 5.75 Å². The zero-order chi connectivity index (χ0) is 12.3. The highest BCUT2D eigenvalue weighted by Crippen LogP contribution is 2.23. The third-order valence-electron chi connectivity index (χ3n) is 2.56. The first-order chi connectivity index (χ1) is 8.16. The highest BCUT2D eigenvalue weighted by atomic mass is 16.3. The molecule has 0 saturated carbocycles. The summed E-state index contributed by atoms with van der Waals surface area (Å²) < 4.78 is 0. The molecule has 86 valence electrons. The van der Waals surface area contributed by atoms with Gasteiger partial charge in [-0.25, -0.2) is 9.97 Å². The molecule has 1 N–H and O–H groups in total. The highest BCUT2D eigenvalue weighted by molar-refractivity contribution is 5.69. The summed E-state index contributed by atoms with van der Waals surface area (Å²) in [4.78, 5) is 7.97. The Morgan fingerprint density at radius 1 is 1.12 bits per heavy atom. The Kier molecular flexibility index (Phi) is 3.19. The summed E-state index contributed by atoms with van der Waals surface area (Å²) in [5.41, 5.74) is 3.68. The first-order valence-electron chi connectivity index (χ1n) is 5.41. The predicted octanol–water partition coefficient (Wildman–Crippen LogP) is 2.97. The van der Waals surface area contributed by atoms with E-state index >= 15 is 0 Å². The molecule has 0 unspecified atom stereocenters. The van der Waals surface area contributed by atoms with Gasteiger partial charge in [-0.05, 0) is 54.8 Å². The number of nitrogens with zero attached hydrogens (tertiary/aromatic N) is 2. The van der Waals surface area contributed by atoms with E-state index in [0.29, 0.717) is 5.75 Å². The highest BCUT2D eigenvalue weighted by Gasteiger charge is 2.01. The molecule has 0 bridgehead atoms. The summed E-state index contributed by atoms with van der Waals surface area (Å²) >= 11 is 0. The molecule has 0 aliphatic carbocycles. The van der Waals surface area contributed by atoms with E-state index in [9.17, 15) is 5.11 Å². The van der Waals surface area contributed by atoms with Crippen LogP contribution >= 0.6 is 0 Å². The number of phenolic OH excluding ortho intramolecular Hbond substituents is 1. The van der Waals surface area contributed by atoms with Crippen molar-refractivity contribution in [3.63, 3.8) is 0 Å². The minimum atomic E-state index is 0.365. The summed E-state index contributed by atoms with van der Waals surface area (Å²) in [7, 11) is 0. The first kappa shape index (κ1) is 11.3. The van der Waals surface area contributed by atoms with Gasteiger partial charge in [0.05, 0.1) is 5.69 Å². The van der Waals surface area contributed by atoms with Crippen molar-refractivity contribution in [3.05, 3.63) is 53.1 Å². The van der Waals surface area contributed by atoms with Gasteiger partial charge in [0.25, 0.3) is 0 Å². The summed E-state index contributed by atoms with van der Waals surface area (Å²) in [6, 6.07) is 5.73. The van der Waals surface area contributed by atoms with E-state index < -0.39 is 0 Å². The topological polar surface area (TPSA) is 46.0 Å². The van der Waals surface area contributed by atoms with E-state index in [1.807, 2.05) is 44.2 Å². The molecule has 2 rings (SSSR count). The van der Waals surface area contributed by atoms with E-state index in [-0.39, 0.29) is 0 Å². The van der Waals surface area contributed by atoms with Crippen LogP contribution in [0.2, 0.25) is 0 Å². The largest absolute Gasteiger partial charge is 0.507 e.